The molecule has 0 bridgehead atoms. The lowest BCUT2D eigenvalue weighted by atomic mass is 10.2. The van der Waals surface area contributed by atoms with E-state index in [2.05, 4.69) is 15.4 Å². The number of esters is 1. The van der Waals surface area contributed by atoms with Crippen LogP contribution in [0.4, 0.5) is 5.69 Å². The standard InChI is InChI=1S/C21H22N4O4/c1-13-5-7-18(28-4)17(9-13)23-20(26)12-29-21(27)16-6-8-19(22-11-16)25-15(3)10-14(2)24-25/h5-11H,12H2,1-4H3,(H,23,26). The number of carbonyl (C=O) groups excluding carboxylic acids is 2. The van der Waals surface area contributed by atoms with Crippen molar-refractivity contribution in [1.82, 2.24) is 14.8 Å². The Hall–Kier alpha value is -3.68. The van der Waals surface area contributed by atoms with Gasteiger partial charge in [-0.1, -0.05) is 6.07 Å². The van der Waals surface area contributed by atoms with Gasteiger partial charge in [0.2, 0.25) is 0 Å². The molecule has 3 aromatic rings. The van der Waals surface area contributed by atoms with Gasteiger partial charge in [-0.2, -0.15) is 5.10 Å². The van der Waals surface area contributed by atoms with Crippen molar-refractivity contribution >= 4 is 17.6 Å². The van der Waals surface area contributed by atoms with Gasteiger partial charge in [-0.15, -0.1) is 0 Å². The van der Waals surface area contributed by atoms with Crippen molar-refractivity contribution in [2.24, 2.45) is 0 Å². The summed E-state index contributed by atoms with van der Waals surface area (Å²) >= 11 is 0. The maximum absolute atomic E-state index is 12.2. The summed E-state index contributed by atoms with van der Waals surface area (Å²) in [6.45, 7) is 5.30. The van der Waals surface area contributed by atoms with Crippen LogP contribution in [0.15, 0.2) is 42.6 Å². The van der Waals surface area contributed by atoms with E-state index >= 15 is 0 Å². The molecule has 29 heavy (non-hydrogen) atoms. The number of benzene rings is 1. The third-order valence-electron chi connectivity index (χ3n) is 4.17. The average molecular weight is 394 g/mol. The summed E-state index contributed by atoms with van der Waals surface area (Å²) < 4.78 is 12.0. The smallest absolute Gasteiger partial charge is 0.340 e. The van der Waals surface area contributed by atoms with E-state index in [4.69, 9.17) is 9.47 Å². The molecule has 0 spiro atoms. The van der Waals surface area contributed by atoms with Crippen molar-refractivity contribution in [3.63, 3.8) is 0 Å². The number of rotatable bonds is 6. The third kappa shape index (κ3) is 4.78. The third-order valence-corrected chi connectivity index (χ3v) is 4.17. The molecule has 0 saturated heterocycles. The van der Waals surface area contributed by atoms with Crippen LogP contribution < -0.4 is 10.1 Å². The molecule has 150 valence electrons. The van der Waals surface area contributed by atoms with Crippen LogP contribution in [0.3, 0.4) is 0 Å². The van der Waals surface area contributed by atoms with Crippen LogP contribution in [0, 0.1) is 20.8 Å². The van der Waals surface area contributed by atoms with Crippen LogP contribution in [-0.2, 0) is 9.53 Å². The molecule has 0 saturated carbocycles. The van der Waals surface area contributed by atoms with Crippen LogP contribution >= 0.6 is 0 Å². The zero-order chi connectivity index (χ0) is 21.0. The number of hydrogen-bond acceptors (Lipinski definition) is 6. The molecule has 8 heteroatoms. The van der Waals surface area contributed by atoms with E-state index in [1.165, 1.54) is 13.3 Å². The van der Waals surface area contributed by atoms with Crippen molar-refractivity contribution in [2.45, 2.75) is 20.8 Å². The molecule has 0 aliphatic rings. The number of carbonyl (C=O) groups is 2. The molecule has 1 aromatic carbocycles. The lowest BCUT2D eigenvalue weighted by Crippen LogP contribution is -2.21. The van der Waals surface area contributed by atoms with Crippen molar-refractivity contribution < 1.29 is 19.1 Å². The number of nitrogens with zero attached hydrogens (tertiary/aromatic N) is 3. The molecule has 2 heterocycles. The second kappa shape index (κ2) is 8.55. The van der Waals surface area contributed by atoms with Crippen LogP contribution in [-0.4, -0.2) is 40.4 Å². The number of anilines is 1. The van der Waals surface area contributed by atoms with Gasteiger partial charge in [0.25, 0.3) is 5.91 Å². The number of pyridine rings is 1. The fourth-order valence-corrected chi connectivity index (χ4v) is 2.81. The predicted octanol–water partition coefficient (Wildman–Crippen LogP) is 3.00. The first-order valence-electron chi connectivity index (χ1n) is 8.98. The highest BCUT2D eigenvalue weighted by molar-refractivity contribution is 5.96. The Morgan fingerprint density at radius 3 is 2.52 bits per heavy atom. The van der Waals surface area contributed by atoms with Gasteiger partial charge >= 0.3 is 5.97 Å². The summed E-state index contributed by atoms with van der Waals surface area (Å²) in [7, 11) is 1.52. The maximum atomic E-state index is 12.2. The normalized spacial score (nSPS) is 10.5. The molecular weight excluding hydrogens is 372 g/mol. The number of aromatic nitrogens is 3. The summed E-state index contributed by atoms with van der Waals surface area (Å²) in [6, 6.07) is 10.6. The molecular formula is C21H22N4O4. The van der Waals surface area contributed by atoms with Crippen molar-refractivity contribution in [3.8, 4) is 11.6 Å². The Kier molecular flexibility index (Phi) is 5.92. The van der Waals surface area contributed by atoms with Crippen LogP contribution in [0.2, 0.25) is 0 Å². The van der Waals surface area contributed by atoms with Gasteiger partial charge < -0.3 is 14.8 Å². The van der Waals surface area contributed by atoms with Gasteiger partial charge in [-0.25, -0.2) is 14.5 Å². The summed E-state index contributed by atoms with van der Waals surface area (Å²) in [6.07, 6.45) is 1.40. The summed E-state index contributed by atoms with van der Waals surface area (Å²) in [5.74, 6) is 0.0221. The maximum Gasteiger partial charge on any atom is 0.340 e. The van der Waals surface area contributed by atoms with E-state index in [0.29, 0.717) is 17.3 Å². The van der Waals surface area contributed by atoms with E-state index in [1.807, 2.05) is 32.9 Å². The molecule has 0 fully saturated rings. The van der Waals surface area contributed by atoms with Gasteiger partial charge in [0.05, 0.1) is 24.1 Å². The number of aryl methyl sites for hydroxylation is 3. The lowest BCUT2D eigenvalue weighted by Gasteiger charge is -2.11. The quantitative estimate of drug-likeness (QED) is 0.646. The van der Waals surface area contributed by atoms with Crippen molar-refractivity contribution in [2.75, 3.05) is 19.0 Å². The van der Waals surface area contributed by atoms with E-state index in [9.17, 15) is 9.59 Å². The predicted molar refractivity (Wildman–Crippen MR) is 107 cm³/mol. The van der Waals surface area contributed by atoms with Crippen LogP contribution in [0.1, 0.15) is 27.3 Å². The minimum Gasteiger partial charge on any atom is -0.495 e. The molecule has 0 aliphatic carbocycles. The molecule has 0 radical (unpaired) electrons. The van der Waals surface area contributed by atoms with Crippen LogP contribution in [0.25, 0.3) is 5.82 Å². The number of methoxy groups -OCH3 is 1. The SMILES string of the molecule is COc1ccc(C)cc1NC(=O)COC(=O)c1ccc(-n2nc(C)cc2C)nc1. The van der Waals surface area contributed by atoms with Gasteiger partial charge in [0, 0.05) is 11.9 Å². The van der Waals surface area contributed by atoms with E-state index in [0.717, 1.165) is 17.0 Å². The summed E-state index contributed by atoms with van der Waals surface area (Å²) in [5.41, 5.74) is 3.55. The number of amides is 1. The van der Waals surface area contributed by atoms with Gasteiger partial charge in [-0.05, 0) is 56.7 Å². The first kappa shape index (κ1) is 20.1. The van der Waals surface area contributed by atoms with Crippen molar-refractivity contribution in [1.29, 1.82) is 0 Å². The van der Waals surface area contributed by atoms with Gasteiger partial charge in [0.1, 0.15) is 5.75 Å². The van der Waals surface area contributed by atoms with E-state index in [-0.39, 0.29) is 5.56 Å². The largest absolute Gasteiger partial charge is 0.495 e. The fourth-order valence-electron chi connectivity index (χ4n) is 2.81. The van der Waals surface area contributed by atoms with Crippen LogP contribution in [0.5, 0.6) is 5.75 Å². The highest BCUT2D eigenvalue weighted by Crippen LogP contribution is 2.25. The molecule has 2 aromatic heterocycles. The minimum absolute atomic E-state index is 0.246. The lowest BCUT2D eigenvalue weighted by molar-refractivity contribution is -0.119. The molecule has 0 unspecified atom stereocenters. The molecule has 0 atom stereocenters. The topological polar surface area (TPSA) is 95.3 Å². The van der Waals surface area contributed by atoms with Gasteiger partial charge in [0.15, 0.2) is 12.4 Å². The first-order valence-corrected chi connectivity index (χ1v) is 8.98. The molecule has 0 aliphatic heterocycles. The zero-order valence-electron chi connectivity index (χ0n) is 16.7. The number of hydrogen-bond donors (Lipinski definition) is 1. The second-order valence-corrected chi connectivity index (χ2v) is 6.57. The molecule has 3 rings (SSSR count). The Labute approximate surface area is 168 Å². The minimum atomic E-state index is -0.635. The van der Waals surface area contributed by atoms with E-state index in [1.54, 1.807) is 28.9 Å². The fraction of sp³-hybridized carbons (Fsp3) is 0.238. The van der Waals surface area contributed by atoms with Crippen molar-refractivity contribution in [3.05, 3.63) is 65.1 Å². The highest BCUT2D eigenvalue weighted by atomic mass is 16.5. The summed E-state index contributed by atoms with van der Waals surface area (Å²) in [4.78, 5) is 28.6. The highest BCUT2D eigenvalue weighted by Gasteiger charge is 2.13. The van der Waals surface area contributed by atoms with E-state index < -0.39 is 18.5 Å². The Bertz CT molecular complexity index is 1040. The molecule has 1 N–H and O–H groups in total. The average Bonchev–Trinajstić information content (AvgIpc) is 3.04. The number of ether oxygens (including phenoxy) is 2. The Balaban J connectivity index is 1.60. The molecule has 8 nitrogen and oxygen atoms in total. The first-order chi connectivity index (χ1) is 13.9. The number of nitrogens with one attached hydrogen (secondary N) is 1. The zero-order valence-corrected chi connectivity index (χ0v) is 16.7. The Morgan fingerprint density at radius 1 is 1.10 bits per heavy atom. The Morgan fingerprint density at radius 2 is 1.90 bits per heavy atom. The van der Waals surface area contributed by atoms with Gasteiger partial charge in [-0.3, -0.25) is 4.79 Å². The molecule has 1 amide bonds. The monoisotopic (exact) mass is 394 g/mol. The summed E-state index contributed by atoms with van der Waals surface area (Å²) in [5, 5.41) is 7.03. The second-order valence-electron chi connectivity index (χ2n) is 6.57.